The number of fused-ring (bicyclic) bond motifs is 25. The Hall–Kier alpha value is -9.12. The molecule has 4 heterocycles. The van der Waals surface area contributed by atoms with Crippen molar-refractivity contribution in [3.63, 3.8) is 0 Å². The molecule has 0 amide bonds. The number of nitrogens with zero attached hydrogens (tertiary/aromatic N) is 4. The Labute approximate surface area is 422 Å². The van der Waals surface area contributed by atoms with E-state index in [1.54, 1.807) is 0 Å². The summed E-state index contributed by atoms with van der Waals surface area (Å²) >= 11 is 0. The fraction of sp³-hybridized carbons (Fsp3) is 0.0725. The summed E-state index contributed by atoms with van der Waals surface area (Å²) in [6.07, 6.45) is 4.17. The monoisotopic (exact) mass is 928 g/mol. The number of rotatable bonds is 2. The van der Waals surface area contributed by atoms with E-state index in [-0.39, 0.29) is 0 Å². The molecule has 4 aliphatic carbocycles. The maximum atomic E-state index is 5.62. The van der Waals surface area contributed by atoms with Gasteiger partial charge < -0.3 is 9.13 Å². The predicted molar refractivity (Wildman–Crippen MR) is 296 cm³/mol. The highest BCUT2D eigenvalue weighted by Crippen LogP contribution is 2.67. The van der Waals surface area contributed by atoms with Crippen LogP contribution in [0.15, 0.2) is 231 Å². The first-order valence-electron chi connectivity index (χ1n) is 25.6. The van der Waals surface area contributed by atoms with E-state index >= 15 is 0 Å². The SMILES string of the molecule is CC1(C)c2ccccc2C2(c3cc4c(cc31)C1(c3ccccc3-c3ccccc31)c1ccccc1-4)c1cc(-n3c4ccccc4c4ccccc43)cnc1-c1ncc(-n3c4ccccc4c4ccccc43)cc12. The Bertz CT molecular complexity index is 4300. The standard InChI is InChI=1S/C69H44N4/c1-67(2)54-29-13-14-30-55(54)69(58-37-50-45-21-5-12-28-53(45)68(56(50)38-57(58)67)51-26-10-3-19-43(51)44-20-4-11-27-52(44)68)59-35-41(72-61-31-15-6-22-46(61)47-23-7-16-32-62(47)72)39-70-65(59)66-60(69)36-42(40-71-66)73-63-33-17-8-24-48(63)49-25-9-18-34-64(49)73/h3-40H,1-2H3. The minimum Gasteiger partial charge on any atom is -0.308 e. The molecule has 0 fully saturated rings. The first kappa shape index (κ1) is 39.6. The van der Waals surface area contributed by atoms with Gasteiger partial charge in [0.2, 0.25) is 0 Å². The minimum absolute atomic E-state index is 0.390. The topological polar surface area (TPSA) is 35.6 Å². The highest BCUT2D eigenvalue weighted by molar-refractivity contribution is 6.10. The average Bonchev–Trinajstić information content (AvgIpc) is 4.31. The molecule has 0 aliphatic heterocycles. The largest absolute Gasteiger partial charge is 0.308 e. The molecule has 0 saturated heterocycles. The summed E-state index contributed by atoms with van der Waals surface area (Å²) < 4.78 is 4.84. The molecule has 4 aromatic heterocycles. The second-order valence-electron chi connectivity index (χ2n) is 21.2. The van der Waals surface area contributed by atoms with Gasteiger partial charge in [-0.1, -0.05) is 190 Å². The summed E-state index contributed by atoms with van der Waals surface area (Å²) in [7, 11) is 0. The number of para-hydroxylation sites is 4. The molecule has 4 aliphatic rings. The third kappa shape index (κ3) is 4.61. The maximum Gasteiger partial charge on any atom is 0.0939 e. The molecule has 0 saturated carbocycles. The van der Waals surface area contributed by atoms with Crippen LogP contribution in [0.3, 0.4) is 0 Å². The van der Waals surface area contributed by atoms with Crippen LogP contribution in [0.5, 0.6) is 0 Å². The second-order valence-corrected chi connectivity index (χ2v) is 21.2. The highest BCUT2D eigenvalue weighted by Gasteiger charge is 2.58. The summed E-state index contributed by atoms with van der Waals surface area (Å²) in [4.78, 5) is 11.2. The van der Waals surface area contributed by atoms with E-state index in [0.29, 0.717) is 0 Å². The zero-order chi connectivity index (χ0) is 48.0. The number of hydrogen-bond donors (Lipinski definition) is 0. The van der Waals surface area contributed by atoms with Crippen molar-refractivity contribution in [2.75, 3.05) is 0 Å². The van der Waals surface area contributed by atoms with Gasteiger partial charge in [-0.25, -0.2) is 0 Å². The van der Waals surface area contributed by atoms with Crippen LogP contribution in [0.25, 0.3) is 88.6 Å². The molecule has 0 atom stereocenters. The van der Waals surface area contributed by atoms with Crippen LogP contribution >= 0.6 is 0 Å². The molecule has 0 N–H and O–H groups in total. The van der Waals surface area contributed by atoms with Crippen molar-refractivity contribution in [2.45, 2.75) is 30.1 Å². The Kier molecular flexibility index (Phi) is 7.39. The smallest absolute Gasteiger partial charge is 0.0939 e. The van der Waals surface area contributed by atoms with Gasteiger partial charge in [-0.3, -0.25) is 9.97 Å². The third-order valence-electron chi connectivity index (χ3n) is 17.7. The first-order valence-corrected chi connectivity index (χ1v) is 25.6. The van der Waals surface area contributed by atoms with Crippen LogP contribution in [-0.2, 0) is 16.2 Å². The van der Waals surface area contributed by atoms with Crippen molar-refractivity contribution in [3.8, 4) is 45.0 Å². The lowest BCUT2D eigenvalue weighted by Crippen LogP contribution is -2.41. The molecule has 4 nitrogen and oxygen atoms in total. The van der Waals surface area contributed by atoms with Crippen molar-refractivity contribution in [2.24, 2.45) is 0 Å². The zero-order valence-corrected chi connectivity index (χ0v) is 40.2. The van der Waals surface area contributed by atoms with Gasteiger partial charge in [0.15, 0.2) is 0 Å². The van der Waals surface area contributed by atoms with Crippen LogP contribution in [0.1, 0.15) is 69.5 Å². The summed E-state index contributed by atoms with van der Waals surface area (Å²) in [5, 5.41) is 4.90. The average molecular weight is 929 g/mol. The van der Waals surface area contributed by atoms with Gasteiger partial charge in [0.1, 0.15) is 0 Å². The molecule has 4 heteroatoms. The van der Waals surface area contributed by atoms with Crippen LogP contribution in [-0.4, -0.2) is 19.1 Å². The zero-order valence-electron chi connectivity index (χ0n) is 40.2. The molecule has 9 aromatic carbocycles. The van der Waals surface area contributed by atoms with Crippen LogP contribution in [0.4, 0.5) is 0 Å². The minimum atomic E-state index is -0.819. The van der Waals surface area contributed by atoms with Crippen molar-refractivity contribution in [1.82, 2.24) is 19.1 Å². The third-order valence-corrected chi connectivity index (χ3v) is 17.7. The Morgan fingerprint density at radius 2 is 0.644 bits per heavy atom. The number of hydrogen-bond acceptors (Lipinski definition) is 2. The van der Waals surface area contributed by atoms with Gasteiger partial charge in [-0.05, 0) is 109 Å². The first-order chi connectivity index (χ1) is 36.0. The Morgan fingerprint density at radius 3 is 1.10 bits per heavy atom. The predicted octanol–water partition coefficient (Wildman–Crippen LogP) is 16.0. The van der Waals surface area contributed by atoms with Crippen molar-refractivity contribution < 1.29 is 0 Å². The van der Waals surface area contributed by atoms with Gasteiger partial charge in [0, 0.05) is 38.1 Å². The van der Waals surface area contributed by atoms with E-state index < -0.39 is 16.2 Å². The molecular weight excluding hydrogens is 885 g/mol. The van der Waals surface area contributed by atoms with Gasteiger partial charge in [-0.2, -0.15) is 0 Å². The van der Waals surface area contributed by atoms with Gasteiger partial charge in [0.25, 0.3) is 0 Å². The summed E-state index contributed by atoms with van der Waals surface area (Å²) in [5.41, 5.74) is 24.9. The molecule has 17 rings (SSSR count). The lowest BCUT2D eigenvalue weighted by molar-refractivity contribution is 0.561. The van der Waals surface area contributed by atoms with E-state index in [2.05, 4.69) is 254 Å². The summed E-state index contributed by atoms with van der Waals surface area (Å²) in [6, 6.07) is 82.2. The Balaban J connectivity index is 1.03. The second kappa shape index (κ2) is 13.6. The summed E-state index contributed by atoms with van der Waals surface area (Å²) in [6.45, 7) is 4.90. The Morgan fingerprint density at radius 1 is 0.288 bits per heavy atom. The quantitative estimate of drug-likeness (QED) is 0.173. The molecule has 340 valence electrons. The van der Waals surface area contributed by atoms with Crippen molar-refractivity contribution in [1.29, 1.82) is 0 Å². The number of aromatic nitrogens is 4. The molecule has 0 bridgehead atoms. The maximum absolute atomic E-state index is 5.62. The van der Waals surface area contributed by atoms with E-state index in [1.165, 1.54) is 88.3 Å². The molecule has 0 unspecified atom stereocenters. The highest BCUT2D eigenvalue weighted by atomic mass is 15.0. The van der Waals surface area contributed by atoms with E-state index in [9.17, 15) is 0 Å². The molecule has 0 radical (unpaired) electrons. The van der Waals surface area contributed by atoms with Crippen molar-refractivity contribution in [3.05, 3.63) is 286 Å². The van der Waals surface area contributed by atoms with Gasteiger partial charge in [-0.15, -0.1) is 0 Å². The summed E-state index contributed by atoms with van der Waals surface area (Å²) in [5.74, 6) is 0. The van der Waals surface area contributed by atoms with Gasteiger partial charge in [0.05, 0.1) is 68.1 Å². The lowest BCUT2D eigenvalue weighted by atomic mass is 9.55. The van der Waals surface area contributed by atoms with E-state index in [0.717, 1.165) is 56.0 Å². The van der Waals surface area contributed by atoms with E-state index in [1.807, 2.05) is 0 Å². The lowest BCUT2D eigenvalue weighted by Gasteiger charge is -2.47. The van der Waals surface area contributed by atoms with Crippen molar-refractivity contribution >= 4 is 43.6 Å². The number of pyridine rings is 2. The number of benzene rings is 9. The molecular formula is C69H44N4. The van der Waals surface area contributed by atoms with Crippen LogP contribution in [0, 0.1) is 0 Å². The van der Waals surface area contributed by atoms with Crippen LogP contribution < -0.4 is 0 Å². The van der Waals surface area contributed by atoms with Gasteiger partial charge >= 0.3 is 0 Å². The molecule has 73 heavy (non-hydrogen) atoms. The van der Waals surface area contributed by atoms with E-state index in [4.69, 9.17) is 9.97 Å². The molecule has 2 spiro atoms. The fourth-order valence-corrected chi connectivity index (χ4v) is 14.8. The van der Waals surface area contributed by atoms with Crippen LogP contribution in [0.2, 0.25) is 0 Å². The molecule has 13 aromatic rings. The normalized spacial score (nSPS) is 15.3. The fourth-order valence-electron chi connectivity index (χ4n) is 14.8.